The van der Waals surface area contributed by atoms with Crippen LogP contribution in [0.15, 0.2) is 29.1 Å². The van der Waals surface area contributed by atoms with Gasteiger partial charge in [-0.1, -0.05) is 25.5 Å². The smallest absolute Gasteiger partial charge is 0.264 e. The van der Waals surface area contributed by atoms with E-state index in [1.807, 2.05) is 39.0 Å². The summed E-state index contributed by atoms with van der Waals surface area (Å²) in [7, 11) is 1.59. The highest BCUT2D eigenvalue weighted by atomic mass is 16.5. The zero-order valence-corrected chi connectivity index (χ0v) is 15.1. The Kier molecular flexibility index (Phi) is 5.32. The second-order valence-electron chi connectivity index (χ2n) is 6.97. The highest BCUT2D eigenvalue weighted by molar-refractivity contribution is 5.98. The number of pyridine rings is 1. The van der Waals surface area contributed by atoms with Gasteiger partial charge in [-0.2, -0.15) is 0 Å². The van der Waals surface area contributed by atoms with Crippen LogP contribution in [-0.2, 0) is 6.54 Å². The molecule has 2 aromatic rings. The zero-order chi connectivity index (χ0) is 17.9. The summed E-state index contributed by atoms with van der Waals surface area (Å²) in [6.45, 7) is 8.31. The molecule has 0 aliphatic heterocycles. The van der Waals surface area contributed by atoms with Gasteiger partial charge in [-0.3, -0.25) is 9.59 Å². The molecule has 0 saturated heterocycles. The van der Waals surface area contributed by atoms with Crippen LogP contribution < -0.4 is 15.6 Å². The average Bonchev–Trinajstić information content (AvgIpc) is 2.51. The number of hydrogen-bond donors (Lipinski definition) is 1. The van der Waals surface area contributed by atoms with E-state index in [2.05, 4.69) is 12.2 Å². The number of aryl methyl sites for hydroxylation is 1. The van der Waals surface area contributed by atoms with Crippen molar-refractivity contribution in [2.75, 3.05) is 7.11 Å². The second-order valence-corrected chi connectivity index (χ2v) is 6.97. The Hall–Kier alpha value is -2.30. The van der Waals surface area contributed by atoms with Crippen LogP contribution in [0, 0.1) is 0 Å². The summed E-state index contributed by atoms with van der Waals surface area (Å²) in [5.41, 5.74) is 0.232. The van der Waals surface area contributed by atoms with Crippen LogP contribution in [0.2, 0.25) is 0 Å². The molecule has 2 rings (SSSR count). The summed E-state index contributed by atoms with van der Waals surface area (Å²) >= 11 is 0. The third kappa shape index (κ3) is 3.78. The number of nitrogens with zero attached hydrogens (tertiary/aromatic N) is 1. The van der Waals surface area contributed by atoms with Crippen molar-refractivity contribution in [1.82, 2.24) is 9.88 Å². The maximum absolute atomic E-state index is 12.9. The molecule has 1 heterocycles. The number of carbonyl (C=O) groups excluding carboxylic acids is 1. The number of hydrogen-bond acceptors (Lipinski definition) is 3. The summed E-state index contributed by atoms with van der Waals surface area (Å²) in [6.07, 6.45) is 1.82. The molecule has 5 heteroatoms. The van der Waals surface area contributed by atoms with Crippen LogP contribution in [0.5, 0.6) is 5.75 Å². The fraction of sp³-hybridized carbons (Fsp3) is 0.474. The minimum absolute atomic E-state index is 0.168. The summed E-state index contributed by atoms with van der Waals surface area (Å²) < 4.78 is 7.09. The number of rotatable bonds is 5. The normalized spacial score (nSPS) is 11.5. The highest BCUT2D eigenvalue weighted by Crippen LogP contribution is 2.25. The molecule has 0 aliphatic carbocycles. The first-order chi connectivity index (χ1) is 11.3. The molecule has 0 radical (unpaired) electrons. The van der Waals surface area contributed by atoms with Gasteiger partial charge in [0.1, 0.15) is 11.3 Å². The molecule has 0 unspecified atom stereocenters. The van der Waals surface area contributed by atoms with E-state index in [4.69, 9.17) is 4.74 Å². The van der Waals surface area contributed by atoms with Crippen LogP contribution in [-0.4, -0.2) is 23.1 Å². The molecule has 5 nitrogen and oxygen atoms in total. The Morgan fingerprint density at radius 3 is 2.58 bits per heavy atom. The number of amides is 1. The predicted octanol–water partition coefficient (Wildman–Crippen LogP) is 3.34. The molecule has 24 heavy (non-hydrogen) atoms. The van der Waals surface area contributed by atoms with Gasteiger partial charge in [0, 0.05) is 17.5 Å². The highest BCUT2D eigenvalue weighted by Gasteiger charge is 2.21. The van der Waals surface area contributed by atoms with Gasteiger partial charge < -0.3 is 14.6 Å². The van der Waals surface area contributed by atoms with Crippen molar-refractivity contribution in [2.45, 2.75) is 52.6 Å². The van der Waals surface area contributed by atoms with Gasteiger partial charge >= 0.3 is 0 Å². The lowest BCUT2D eigenvalue weighted by Crippen LogP contribution is -2.43. The van der Waals surface area contributed by atoms with Crippen molar-refractivity contribution in [3.8, 4) is 5.75 Å². The van der Waals surface area contributed by atoms with Crippen LogP contribution in [0.3, 0.4) is 0 Å². The maximum Gasteiger partial charge on any atom is 0.264 e. The molecule has 1 N–H and O–H groups in total. The van der Waals surface area contributed by atoms with Crippen molar-refractivity contribution in [3.05, 3.63) is 40.2 Å². The van der Waals surface area contributed by atoms with Crippen molar-refractivity contribution < 1.29 is 9.53 Å². The number of nitrogens with one attached hydrogen (secondary N) is 1. The number of methoxy groups -OCH3 is 1. The van der Waals surface area contributed by atoms with E-state index >= 15 is 0 Å². The Morgan fingerprint density at radius 1 is 1.29 bits per heavy atom. The second kappa shape index (κ2) is 7.07. The van der Waals surface area contributed by atoms with Crippen molar-refractivity contribution in [1.29, 1.82) is 0 Å². The lowest BCUT2D eigenvalue weighted by molar-refractivity contribution is 0.0917. The number of para-hydroxylation sites is 1. The quantitative estimate of drug-likeness (QED) is 0.914. The summed E-state index contributed by atoms with van der Waals surface area (Å²) in [6, 6.07) is 7.25. The number of ether oxygens (including phenoxy) is 1. The summed E-state index contributed by atoms with van der Waals surface area (Å²) in [5, 5.41) is 3.69. The van der Waals surface area contributed by atoms with Crippen molar-refractivity contribution >= 4 is 16.8 Å². The van der Waals surface area contributed by atoms with Crippen molar-refractivity contribution in [3.63, 3.8) is 0 Å². The minimum Gasteiger partial charge on any atom is -0.495 e. The third-order valence-corrected chi connectivity index (χ3v) is 3.76. The molecule has 130 valence electrons. The van der Waals surface area contributed by atoms with E-state index in [0.29, 0.717) is 12.3 Å². The molecule has 1 amide bonds. The van der Waals surface area contributed by atoms with Gasteiger partial charge in [0.15, 0.2) is 0 Å². The number of unbranched alkanes of at least 4 members (excludes halogenated alkanes) is 1. The first kappa shape index (κ1) is 18.0. The standard InChI is InChI=1S/C19H26N2O3/c1-6-7-11-21-16-13(9-8-10-15(16)24-5)12-14(18(21)23)17(22)20-19(2,3)4/h8-10,12H,6-7,11H2,1-5H3,(H,20,22). The number of aromatic nitrogens is 1. The van der Waals surface area contributed by atoms with E-state index in [0.717, 1.165) is 23.7 Å². The van der Waals surface area contributed by atoms with E-state index in [-0.39, 0.29) is 17.0 Å². The van der Waals surface area contributed by atoms with Crippen LogP contribution >= 0.6 is 0 Å². The van der Waals surface area contributed by atoms with E-state index in [1.165, 1.54) is 0 Å². The number of benzene rings is 1. The Bertz CT molecular complexity index is 801. The molecular formula is C19H26N2O3. The Balaban J connectivity index is 2.69. The first-order valence-electron chi connectivity index (χ1n) is 8.31. The molecule has 0 spiro atoms. The van der Waals surface area contributed by atoms with Gasteiger partial charge in [0.2, 0.25) is 0 Å². The maximum atomic E-state index is 12.9. The molecule has 0 atom stereocenters. The Labute approximate surface area is 142 Å². The molecular weight excluding hydrogens is 304 g/mol. The van der Waals surface area contributed by atoms with Crippen LogP contribution in [0.4, 0.5) is 0 Å². The van der Waals surface area contributed by atoms with Gasteiger partial charge in [0.05, 0.1) is 12.6 Å². The summed E-state index contributed by atoms with van der Waals surface area (Å²) in [4.78, 5) is 25.5. The molecule has 0 bridgehead atoms. The van der Waals surface area contributed by atoms with Crippen LogP contribution in [0.25, 0.3) is 10.9 Å². The zero-order valence-electron chi connectivity index (χ0n) is 15.1. The molecule has 0 saturated carbocycles. The number of fused-ring (bicyclic) bond motifs is 1. The van der Waals surface area contributed by atoms with Gasteiger partial charge in [-0.25, -0.2) is 0 Å². The van der Waals surface area contributed by atoms with Gasteiger partial charge in [-0.05, 0) is 39.3 Å². The average molecular weight is 330 g/mol. The SMILES string of the molecule is CCCCn1c(=O)c(C(=O)NC(C)(C)C)cc2cccc(OC)c21. The van der Waals surface area contributed by atoms with E-state index in [9.17, 15) is 9.59 Å². The Morgan fingerprint density at radius 2 is 2.00 bits per heavy atom. The molecule has 1 aromatic carbocycles. The lowest BCUT2D eigenvalue weighted by Gasteiger charge is -2.21. The van der Waals surface area contributed by atoms with Gasteiger partial charge in [0.25, 0.3) is 11.5 Å². The fourth-order valence-corrected chi connectivity index (χ4v) is 2.67. The predicted molar refractivity (Wildman–Crippen MR) is 96.9 cm³/mol. The molecule has 0 aliphatic rings. The van der Waals surface area contributed by atoms with Gasteiger partial charge in [-0.15, -0.1) is 0 Å². The van der Waals surface area contributed by atoms with Crippen molar-refractivity contribution in [2.24, 2.45) is 0 Å². The fourth-order valence-electron chi connectivity index (χ4n) is 2.67. The lowest BCUT2D eigenvalue weighted by atomic mass is 10.1. The number of carbonyl (C=O) groups is 1. The molecule has 0 fully saturated rings. The largest absolute Gasteiger partial charge is 0.495 e. The minimum atomic E-state index is -0.402. The van der Waals surface area contributed by atoms with E-state index < -0.39 is 5.54 Å². The summed E-state index contributed by atoms with van der Waals surface area (Å²) in [5.74, 6) is 0.297. The van der Waals surface area contributed by atoms with E-state index in [1.54, 1.807) is 17.7 Å². The first-order valence-corrected chi connectivity index (χ1v) is 8.31. The third-order valence-electron chi connectivity index (χ3n) is 3.76. The molecule has 1 aromatic heterocycles. The monoisotopic (exact) mass is 330 g/mol. The van der Waals surface area contributed by atoms with Crippen LogP contribution in [0.1, 0.15) is 50.9 Å². The topological polar surface area (TPSA) is 60.3 Å².